The highest BCUT2D eigenvalue weighted by Gasteiger charge is 2.16. The topological polar surface area (TPSA) is 30.5 Å². The summed E-state index contributed by atoms with van der Waals surface area (Å²) in [5, 5.41) is 3.18. The van der Waals surface area contributed by atoms with Gasteiger partial charge in [-0.25, -0.2) is 8.78 Å². The van der Waals surface area contributed by atoms with Gasteiger partial charge < -0.3 is 14.8 Å². The summed E-state index contributed by atoms with van der Waals surface area (Å²) >= 11 is 0. The maximum atomic E-state index is 13.1. The molecule has 3 nitrogen and oxygen atoms in total. The molecule has 1 saturated heterocycles. The SMILES string of the molecule is CC(NCC1COCCO1)c1cc(F)cc(F)c1. The highest BCUT2D eigenvalue weighted by molar-refractivity contribution is 5.20. The number of halogens is 2. The van der Waals surface area contributed by atoms with Gasteiger partial charge in [-0.15, -0.1) is 0 Å². The molecule has 0 aromatic heterocycles. The van der Waals surface area contributed by atoms with Gasteiger partial charge in [-0.05, 0) is 24.6 Å². The molecule has 1 aromatic carbocycles. The summed E-state index contributed by atoms with van der Waals surface area (Å²) in [6, 6.07) is 3.40. The first-order valence-electron chi connectivity index (χ1n) is 6.04. The lowest BCUT2D eigenvalue weighted by molar-refractivity contribution is -0.0869. The zero-order valence-electron chi connectivity index (χ0n) is 10.3. The van der Waals surface area contributed by atoms with Gasteiger partial charge in [0.05, 0.1) is 25.9 Å². The van der Waals surface area contributed by atoms with Crippen LogP contribution in [-0.4, -0.2) is 32.5 Å². The Morgan fingerprint density at radius 2 is 2.00 bits per heavy atom. The number of nitrogens with one attached hydrogen (secondary N) is 1. The fourth-order valence-corrected chi connectivity index (χ4v) is 1.91. The van der Waals surface area contributed by atoms with Crippen LogP contribution >= 0.6 is 0 Å². The van der Waals surface area contributed by atoms with Gasteiger partial charge in [0.1, 0.15) is 11.6 Å². The van der Waals surface area contributed by atoms with Crippen molar-refractivity contribution in [2.45, 2.75) is 19.1 Å². The number of hydrogen-bond acceptors (Lipinski definition) is 3. The van der Waals surface area contributed by atoms with Crippen molar-refractivity contribution in [1.29, 1.82) is 0 Å². The van der Waals surface area contributed by atoms with Crippen molar-refractivity contribution in [3.63, 3.8) is 0 Å². The first-order chi connectivity index (χ1) is 8.65. The summed E-state index contributed by atoms with van der Waals surface area (Å²) in [5.74, 6) is -1.12. The van der Waals surface area contributed by atoms with Crippen molar-refractivity contribution in [2.24, 2.45) is 0 Å². The standard InChI is InChI=1S/C13H17F2NO2/c1-9(10-4-11(14)6-12(15)5-10)16-7-13-8-17-2-3-18-13/h4-6,9,13,16H,2-3,7-8H2,1H3. The maximum Gasteiger partial charge on any atom is 0.126 e. The van der Waals surface area contributed by atoms with Gasteiger partial charge in [-0.3, -0.25) is 0 Å². The molecular weight excluding hydrogens is 240 g/mol. The van der Waals surface area contributed by atoms with Gasteiger partial charge in [0.2, 0.25) is 0 Å². The normalized spacial score (nSPS) is 21.8. The third-order valence-electron chi connectivity index (χ3n) is 2.92. The third kappa shape index (κ3) is 3.73. The smallest absolute Gasteiger partial charge is 0.126 e. The van der Waals surface area contributed by atoms with Crippen LogP contribution in [0.5, 0.6) is 0 Å². The van der Waals surface area contributed by atoms with E-state index in [1.807, 2.05) is 6.92 Å². The molecule has 0 amide bonds. The molecule has 1 fully saturated rings. The molecule has 0 saturated carbocycles. The zero-order valence-corrected chi connectivity index (χ0v) is 10.3. The van der Waals surface area contributed by atoms with Crippen molar-refractivity contribution in [3.05, 3.63) is 35.4 Å². The Bertz CT molecular complexity index is 374. The van der Waals surface area contributed by atoms with Crippen LogP contribution in [0.4, 0.5) is 8.78 Å². The van der Waals surface area contributed by atoms with E-state index in [-0.39, 0.29) is 12.1 Å². The number of benzene rings is 1. The van der Waals surface area contributed by atoms with Crippen molar-refractivity contribution >= 4 is 0 Å². The second-order valence-corrected chi connectivity index (χ2v) is 4.40. The predicted molar refractivity (Wildman–Crippen MR) is 63.3 cm³/mol. The molecule has 18 heavy (non-hydrogen) atoms. The molecule has 0 bridgehead atoms. The molecule has 1 aliphatic rings. The highest BCUT2D eigenvalue weighted by Crippen LogP contribution is 2.16. The summed E-state index contributed by atoms with van der Waals surface area (Å²) in [5.41, 5.74) is 0.587. The molecule has 2 unspecified atom stereocenters. The van der Waals surface area contributed by atoms with Gasteiger partial charge in [0, 0.05) is 18.7 Å². The van der Waals surface area contributed by atoms with Gasteiger partial charge >= 0.3 is 0 Å². The van der Waals surface area contributed by atoms with E-state index in [4.69, 9.17) is 9.47 Å². The van der Waals surface area contributed by atoms with Gasteiger partial charge in [-0.2, -0.15) is 0 Å². The first-order valence-corrected chi connectivity index (χ1v) is 6.04. The van der Waals surface area contributed by atoms with Crippen molar-refractivity contribution < 1.29 is 18.3 Å². The Labute approximate surface area is 105 Å². The molecule has 5 heteroatoms. The van der Waals surface area contributed by atoms with Crippen LogP contribution in [0.1, 0.15) is 18.5 Å². The van der Waals surface area contributed by atoms with E-state index in [9.17, 15) is 8.78 Å². The summed E-state index contributed by atoms with van der Waals surface area (Å²) in [4.78, 5) is 0. The number of rotatable bonds is 4. The van der Waals surface area contributed by atoms with Crippen molar-refractivity contribution in [2.75, 3.05) is 26.4 Å². The molecule has 0 radical (unpaired) electrons. The Hall–Kier alpha value is -1.04. The highest BCUT2D eigenvalue weighted by atomic mass is 19.1. The Morgan fingerprint density at radius 3 is 2.61 bits per heavy atom. The van der Waals surface area contributed by atoms with Crippen LogP contribution in [0.25, 0.3) is 0 Å². The van der Waals surface area contributed by atoms with Crippen molar-refractivity contribution in [3.8, 4) is 0 Å². The third-order valence-corrected chi connectivity index (χ3v) is 2.92. The van der Waals surface area contributed by atoms with Crippen LogP contribution in [0, 0.1) is 11.6 Å². The molecule has 0 spiro atoms. The van der Waals surface area contributed by atoms with Crippen LogP contribution in [0.2, 0.25) is 0 Å². The van der Waals surface area contributed by atoms with Crippen LogP contribution in [-0.2, 0) is 9.47 Å². The Kier molecular flexibility index (Phi) is 4.63. The number of ether oxygens (including phenoxy) is 2. The monoisotopic (exact) mass is 257 g/mol. The molecular formula is C13H17F2NO2. The van der Waals surface area contributed by atoms with E-state index in [2.05, 4.69) is 5.32 Å². The molecule has 0 aliphatic carbocycles. The molecule has 2 rings (SSSR count). The maximum absolute atomic E-state index is 13.1. The lowest BCUT2D eigenvalue weighted by Gasteiger charge is -2.25. The average molecular weight is 257 g/mol. The largest absolute Gasteiger partial charge is 0.376 e. The quantitative estimate of drug-likeness (QED) is 0.895. The summed E-state index contributed by atoms with van der Waals surface area (Å²) < 4.78 is 36.9. The van der Waals surface area contributed by atoms with Gasteiger partial charge in [0.25, 0.3) is 0 Å². The fraction of sp³-hybridized carbons (Fsp3) is 0.538. The average Bonchev–Trinajstić information content (AvgIpc) is 2.36. The Morgan fingerprint density at radius 1 is 1.28 bits per heavy atom. The lowest BCUT2D eigenvalue weighted by atomic mass is 10.1. The van der Waals surface area contributed by atoms with E-state index in [0.717, 1.165) is 6.07 Å². The van der Waals surface area contributed by atoms with Gasteiger partial charge in [-0.1, -0.05) is 0 Å². The van der Waals surface area contributed by atoms with Crippen molar-refractivity contribution in [1.82, 2.24) is 5.32 Å². The first kappa shape index (κ1) is 13.4. The van der Waals surface area contributed by atoms with Crippen LogP contribution < -0.4 is 5.32 Å². The molecule has 1 N–H and O–H groups in total. The minimum atomic E-state index is -0.559. The van der Waals surface area contributed by atoms with E-state index >= 15 is 0 Å². The van der Waals surface area contributed by atoms with E-state index in [0.29, 0.717) is 31.9 Å². The molecule has 1 aromatic rings. The van der Waals surface area contributed by atoms with Crippen LogP contribution in [0.3, 0.4) is 0 Å². The molecule has 1 heterocycles. The summed E-state index contributed by atoms with van der Waals surface area (Å²) in [7, 11) is 0. The Balaban J connectivity index is 1.88. The minimum Gasteiger partial charge on any atom is -0.376 e. The van der Waals surface area contributed by atoms with E-state index in [1.54, 1.807) is 0 Å². The number of hydrogen-bond donors (Lipinski definition) is 1. The molecule has 1 aliphatic heterocycles. The lowest BCUT2D eigenvalue weighted by Crippen LogP contribution is -2.38. The molecule has 100 valence electrons. The fourth-order valence-electron chi connectivity index (χ4n) is 1.91. The zero-order chi connectivity index (χ0) is 13.0. The van der Waals surface area contributed by atoms with E-state index in [1.165, 1.54) is 12.1 Å². The minimum absolute atomic E-state index is 0.000365. The van der Waals surface area contributed by atoms with E-state index < -0.39 is 11.6 Å². The van der Waals surface area contributed by atoms with Gasteiger partial charge in [0.15, 0.2) is 0 Å². The van der Waals surface area contributed by atoms with Crippen LogP contribution in [0.15, 0.2) is 18.2 Å². The predicted octanol–water partition coefficient (Wildman–Crippen LogP) is 2.03. The second-order valence-electron chi connectivity index (χ2n) is 4.40. The summed E-state index contributed by atoms with van der Waals surface area (Å²) in [6.07, 6.45) is -0.000365. The second kappa shape index (κ2) is 6.22. The molecule has 2 atom stereocenters. The summed E-state index contributed by atoms with van der Waals surface area (Å²) in [6.45, 7) is 4.23.